The molecule has 4 heteroatoms. The fourth-order valence-corrected chi connectivity index (χ4v) is 1.80. The molecular weight excluding hydrogens is 206 g/mol. The fourth-order valence-electron chi connectivity index (χ4n) is 1.80. The van der Waals surface area contributed by atoms with Crippen molar-refractivity contribution in [2.75, 3.05) is 13.2 Å². The highest BCUT2D eigenvalue weighted by atomic mass is 16.5. The zero-order valence-electron chi connectivity index (χ0n) is 8.60. The van der Waals surface area contributed by atoms with E-state index in [1.165, 1.54) is 0 Å². The fraction of sp³-hybridized carbons (Fsp3) is 0.333. The van der Waals surface area contributed by atoms with Crippen LogP contribution in [0.15, 0.2) is 24.0 Å². The van der Waals surface area contributed by atoms with Crippen LogP contribution in [0, 0.1) is 24.2 Å². The minimum atomic E-state index is -0.739. The number of ether oxygens (including phenoxy) is 1. The van der Waals surface area contributed by atoms with Crippen molar-refractivity contribution < 1.29 is 14.3 Å². The number of carbonyl (C=O) groups excluding carboxylic acids is 2. The van der Waals surface area contributed by atoms with Gasteiger partial charge in [0.25, 0.3) is 0 Å². The summed E-state index contributed by atoms with van der Waals surface area (Å²) in [4.78, 5) is 23.5. The van der Waals surface area contributed by atoms with E-state index in [1.807, 2.05) is 0 Å². The van der Waals surface area contributed by atoms with Gasteiger partial charge in [-0.05, 0) is 0 Å². The maximum absolute atomic E-state index is 11.9. The van der Waals surface area contributed by atoms with Crippen molar-refractivity contribution >= 4 is 11.7 Å². The van der Waals surface area contributed by atoms with E-state index >= 15 is 0 Å². The molecule has 0 radical (unpaired) electrons. The maximum atomic E-state index is 11.9. The lowest BCUT2D eigenvalue weighted by Crippen LogP contribution is -2.39. The minimum Gasteiger partial charge on any atom is -0.500 e. The van der Waals surface area contributed by atoms with E-state index < -0.39 is 5.92 Å². The van der Waals surface area contributed by atoms with E-state index in [2.05, 4.69) is 11.2 Å². The summed E-state index contributed by atoms with van der Waals surface area (Å²) in [5.41, 5.74) is 0.839. The van der Waals surface area contributed by atoms with Gasteiger partial charge in [-0.3, -0.25) is 9.59 Å². The summed E-state index contributed by atoms with van der Waals surface area (Å²) in [6.45, 7) is 0.470. The Hall–Kier alpha value is -2.02. The van der Waals surface area contributed by atoms with Gasteiger partial charge in [-0.2, -0.15) is 0 Å². The van der Waals surface area contributed by atoms with Gasteiger partial charge < -0.3 is 10.1 Å². The lowest BCUT2D eigenvalue weighted by Gasteiger charge is -2.19. The van der Waals surface area contributed by atoms with Crippen LogP contribution in [-0.4, -0.2) is 24.8 Å². The molecular formula is C12H11NO3. The van der Waals surface area contributed by atoms with Gasteiger partial charge in [0.05, 0.1) is 18.7 Å². The molecule has 0 fully saturated rings. The van der Waals surface area contributed by atoms with E-state index in [9.17, 15) is 9.59 Å². The highest BCUT2D eigenvalue weighted by Crippen LogP contribution is 2.29. The second-order valence-electron chi connectivity index (χ2n) is 3.66. The standard InChI is InChI=1S/C12H11NO3/c1-2-5-13-12(15)9-4-3-8-6-16-7-10(8)11(9)14/h1,3-4,6,9-10H,5,7H2,(H,13,15). The zero-order valence-corrected chi connectivity index (χ0v) is 8.60. The number of carbonyl (C=O) groups is 2. The summed E-state index contributed by atoms with van der Waals surface area (Å²) in [6.07, 6.45) is 9.95. The third-order valence-electron chi connectivity index (χ3n) is 2.66. The molecule has 0 aromatic rings. The van der Waals surface area contributed by atoms with Crippen molar-refractivity contribution in [3.8, 4) is 12.3 Å². The SMILES string of the molecule is C#CCNC(=O)C1C=CC2=COCC2C1=O. The van der Waals surface area contributed by atoms with Crippen LogP contribution in [0.4, 0.5) is 0 Å². The molecule has 0 aromatic carbocycles. The monoisotopic (exact) mass is 217 g/mol. The lowest BCUT2D eigenvalue weighted by molar-refractivity contribution is -0.133. The van der Waals surface area contributed by atoms with Crippen LogP contribution in [0.1, 0.15) is 0 Å². The summed E-state index contributed by atoms with van der Waals surface area (Å²) in [5.74, 6) is 0.791. The Morgan fingerprint density at radius 3 is 3.25 bits per heavy atom. The molecule has 1 heterocycles. The van der Waals surface area contributed by atoms with E-state index in [0.29, 0.717) is 6.61 Å². The van der Waals surface area contributed by atoms with Gasteiger partial charge in [-0.15, -0.1) is 6.42 Å². The number of Topliss-reactive ketones (excluding diaryl/α,β-unsaturated/α-hetero) is 1. The highest BCUT2D eigenvalue weighted by Gasteiger charge is 2.37. The molecule has 1 aliphatic carbocycles. The summed E-state index contributed by atoms with van der Waals surface area (Å²) in [7, 11) is 0. The van der Waals surface area contributed by atoms with Crippen LogP contribution in [0.5, 0.6) is 0 Å². The maximum Gasteiger partial charge on any atom is 0.235 e. The number of hydrogen-bond acceptors (Lipinski definition) is 3. The van der Waals surface area contributed by atoms with Gasteiger partial charge in [0.2, 0.25) is 5.91 Å². The van der Waals surface area contributed by atoms with Crippen molar-refractivity contribution in [3.63, 3.8) is 0 Å². The van der Waals surface area contributed by atoms with Crippen molar-refractivity contribution in [3.05, 3.63) is 24.0 Å². The third kappa shape index (κ3) is 1.72. The van der Waals surface area contributed by atoms with Crippen LogP contribution in [-0.2, 0) is 14.3 Å². The largest absolute Gasteiger partial charge is 0.500 e. The molecule has 0 saturated heterocycles. The molecule has 0 spiro atoms. The van der Waals surface area contributed by atoms with Crippen molar-refractivity contribution in [2.45, 2.75) is 0 Å². The van der Waals surface area contributed by atoms with Crippen LogP contribution in [0.3, 0.4) is 0 Å². The Labute approximate surface area is 93.3 Å². The van der Waals surface area contributed by atoms with E-state index in [-0.39, 0.29) is 24.2 Å². The smallest absolute Gasteiger partial charge is 0.235 e. The van der Waals surface area contributed by atoms with Gasteiger partial charge in [-0.1, -0.05) is 18.1 Å². The number of terminal acetylenes is 1. The van der Waals surface area contributed by atoms with Gasteiger partial charge in [0, 0.05) is 5.57 Å². The topological polar surface area (TPSA) is 55.4 Å². The average Bonchev–Trinajstić information content (AvgIpc) is 2.75. The molecule has 82 valence electrons. The summed E-state index contributed by atoms with van der Waals surface area (Å²) in [5, 5.41) is 2.50. The molecule has 2 atom stereocenters. The van der Waals surface area contributed by atoms with Gasteiger partial charge >= 0.3 is 0 Å². The van der Waals surface area contributed by atoms with Crippen molar-refractivity contribution in [1.29, 1.82) is 0 Å². The second kappa shape index (κ2) is 4.23. The normalized spacial score (nSPS) is 26.4. The third-order valence-corrected chi connectivity index (χ3v) is 2.66. The average molecular weight is 217 g/mol. The Balaban J connectivity index is 2.11. The Morgan fingerprint density at radius 1 is 1.69 bits per heavy atom. The number of fused-ring (bicyclic) bond motifs is 1. The summed E-state index contributed by atoms with van der Waals surface area (Å²) in [6, 6.07) is 0. The number of rotatable bonds is 2. The zero-order chi connectivity index (χ0) is 11.5. The van der Waals surface area contributed by atoms with Gasteiger partial charge in [0.1, 0.15) is 12.5 Å². The molecule has 0 saturated carbocycles. The molecule has 0 bridgehead atoms. The molecule has 1 aliphatic heterocycles. The van der Waals surface area contributed by atoms with Crippen LogP contribution >= 0.6 is 0 Å². The predicted octanol–water partition coefficient (Wildman–Crippen LogP) is 0.0212. The molecule has 1 N–H and O–H groups in total. The second-order valence-corrected chi connectivity index (χ2v) is 3.66. The van der Waals surface area contributed by atoms with Crippen molar-refractivity contribution in [2.24, 2.45) is 11.8 Å². The Kier molecular flexibility index (Phi) is 2.78. The number of nitrogens with one attached hydrogen (secondary N) is 1. The molecule has 1 amide bonds. The van der Waals surface area contributed by atoms with Crippen LogP contribution in [0.2, 0.25) is 0 Å². The van der Waals surface area contributed by atoms with E-state index in [0.717, 1.165) is 5.57 Å². The number of hydrogen-bond donors (Lipinski definition) is 1. The predicted molar refractivity (Wildman–Crippen MR) is 57.0 cm³/mol. The Bertz CT molecular complexity index is 428. The van der Waals surface area contributed by atoms with Gasteiger partial charge in [-0.25, -0.2) is 0 Å². The highest BCUT2D eigenvalue weighted by molar-refractivity contribution is 6.06. The number of allylic oxidation sites excluding steroid dienone is 1. The molecule has 16 heavy (non-hydrogen) atoms. The first-order valence-electron chi connectivity index (χ1n) is 4.99. The van der Waals surface area contributed by atoms with Crippen LogP contribution in [0.25, 0.3) is 0 Å². The van der Waals surface area contributed by atoms with Gasteiger partial charge in [0.15, 0.2) is 5.78 Å². The van der Waals surface area contributed by atoms with E-state index in [4.69, 9.17) is 11.2 Å². The minimum absolute atomic E-state index is 0.124. The summed E-state index contributed by atoms with van der Waals surface area (Å²) < 4.78 is 5.07. The Morgan fingerprint density at radius 2 is 2.50 bits per heavy atom. The first-order chi connectivity index (χ1) is 7.74. The van der Waals surface area contributed by atoms with Crippen molar-refractivity contribution in [1.82, 2.24) is 5.32 Å². The number of ketones is 1. The molecule has 2 unspecified atom stereocenters. The van der Waals surface area contributed by atoms with E-state index in [1.54, 1.807) is 18.4 Å². The molecule has 2 rings (SSSR count). The molecule has 0 aromatic heterocycles. The summed E-state index contributed by atoms with van der Waals surface area (Å²) >= 11 is 0. The van der Waals surface area contributed by atoms with Crippen LogP contribution < -0.4 is 5.32 Å². The quantitative estimate of drug-likeness (QED) is 0.524. The first kappa shape index (κ1) is 10.5. The molecule has 2 aliphatic rings. The first-order valence-corrected chi connectivity index (χ1v) is 4.99. The number of amides is 1. The lowest BCUT2D eigenvalue weighted by atomic mass is 9.83. The molecule has 4 nitrogen and oxygen atoms in total.